The molecule has 2 heterocycles. The number of hydroxylamine groups is 2. The summed E-state index contributed by atoms with van der Waals surface area (Å²) in [5.74, 6) is 0.420. The van der Waals surface area contributed by atoms with Gasteiger partial charge in [0, 0.05) is 24.8 Å². The second-order valence-electron chi connectivity index (χ2n) is 9.01. The average Bonchev–Trinajstić information content (AvgIpc) is 3.20. The van der Waals surface area contributed by atoms with Crippen molar-refractivity contribution in [2.24, 2.45) is 0 Å². The monoisotopic (exact) mass is 514 g/mol. The molecule has 1 amide bonds. The fourth-order valence-corrected chi connectivity index (χ4v) is 4.83. The number of ether oxygens (including phenoxy) is 2. The van der Waals surface area contributed by atoms with Gasteiger partial charge in [-0.1, -0.05) is 11.6 Å². The summed E-state index contributed by atoms with van der Waals surface area (Å²) in [5.41, 5.74) is 4.23. The van der Waals surface area contributed by atoms with Crippen molar-refractivity contribution in [3.05, 3.63) is 46.7 Å². The number of methoxy groups -OCH3 is 1. The summed E-state index contributed by atoms with van der Waals surface area (Å²) in [7, 11) is 1.63. The van der Waals surface area contributed by atoms with Gasteiger partial charge < -0.3 is 14.3 Å². The number of aromatic nitrogens is 3. The van der Waals surface area contributed by atoms with E-state index in [2.05, 4.69) is 9.97 Å². The number of carbonyl (C=O) groups is 1. The van der Waals surface area contributed by atoms with E-state index < -0.39 is 11.7 Å². The molecule has 4 aromatic rings. The molecule has 2 aromatic heterocycles. The topological polar surface area (TPSA) is 86.7 Å². The van der Waals surface area contributed by atoms with E-state index in [4.69, 9.17) is 30.9 Å². The van der Waals surface area contributed by atoms with Gasteiger partial charge in [0.25, 0.3) is 0 Å². The number of amides is 1. The van der Waals surface area contributed by atoms with Crippen molar-refractivity contribution in [1.82, 2.24) is 20.0 Å². The highest BCUT2D eigenvalue weighted by Crippen LogP contribution is 2.39. The van der Waals surface area contributed by atoms with Gasteiger partial charge in [-0.05, 0) is 52.3 Å². The maximum absolute atomic E-state index is 12.5. The number of rotatable bonds is 6. The van der Waals surface area contributed by atoms with E-state index >= 15 is 0 Å². The third-order valence-electron chi connectivity index (χ3n) is 4.89. The Kier molecular flexibility index (Phi) is 7.12. The number of carbonyl (C=O) groups excluding carboxylic acids is 1. The highest BCUT2D eigenvalue weighted by Gasteiger charge is 2.23. The number of fused-ring (bicyclic) bond motifs is 2. The minimum atomic E-state index is -0.633. The Bertz CT molecular complexity index is 1400. The van der Waals surface area contributed by atoms with E-state index in [1.807, 2.05) is 25.1 Å². The van der Waals surface area contributed by atoms with Crippen molar-refractivity contribution in [2.75, 3.05) is 13.7 Å². The quantitative estimate of drug-likeness (QED) is 0.269. The molecule has 0 saturated heterocycles. The normalized spacial score (nSPS) is 11.7. The Labute approximate surface area is 212 Å². The van der Waals surface area contributed by atoms with Gasteiger partial charge in [-0.15, -0.1) is 16.4 Å². The summed E-state index contributed by atoms with van der Waals surface area (Å²) >= 11 is 8.04. The van der Waals surface area contributed by atoms with E-state index in [1.165, 1.54) is 11.3 Å². The lowest BCUT2D eigenvalue weighted by molar-refractivity contribution is -0.0693. The molecule has 0 saturated carbocycles. The van der Waals surface area contributed by atoms with Crippen LogP contribution in [0.3, 0.4) is 0 Å². The zero-order chi connectivity index (χ0) is 25.3. The van der Waals surface area contributed by atoms with Gasteiger partial charge in [0.05, 0.1) is 45.8 Å². The summed E-state index contributed by atoms with van der Waals surface area (Å²) in [6, 6.07) is 7.49. The predicted octanol–water partition coefficient (Wildman–Crippen LogP) is 6.57. The van der Waals surface area contributed by atoms with Crippen LogP contribution in [0.5, 0.6) is 5.75 Å². The van der Waals surface area contributed by atoms with Gasteiger partial charge in [0.15, 0.2) is 5.75 Å². The fraction of sp³-hybridized carbons (Fsp3) is 0.360. The van der Waals surface area contributed by atoms with E-state index in [9.17, 15) is 4.79 Å². The van der Waals surface area contributed by atoms with Crippen molar-refractivity contribution >= 4 is 50.3 Å². The number of thiazole rings is 1. The minimum Gasteiger partial charge on any atom is -0.442 e. The van der Waals surface area contributed by atoms with Gasteiger partial charge in [0.2, 0.25) is 0 Å². The van der Waals surface area contributed by atoms with Crippen molar-refractivity contribution < 1.29 is 19.1 Å². The van der Waals surface area contributed by atoms with Gasteiger partial charge in [-0.25, -0.2) is 14.8 Å². The first-order chi connectivity index (χ1) is 16.6. The van der Waals surface area contributed by atoms with Crippen LogP contribution in [0.2, 0.25) is 5.02 Å². The van der Waals surface area contributed by atoms with Crippen molar-refractivity contribution in [2.45, 2.75) is 46.8 Å². The minimum absolute atomic E-state index is 0.303. The van der Waals surface area contributed by atoms with Crippen LogP contribution in [0.15, 0.2) is 30.5 Å². The Balaban J connectivity index is 1.71. The summed E-state index contributed by atoms with van der Waals surface area (Å²) in [4.78, 5) is 32.4. The molecule has 10 heteroatoms. The SMILES string of the molecule is CCN(Oc1cc(Cl)c2nc(-c3cc(C)cc4nc(COC)cnc34)sc2c1)C(=O)OC(C)(C)C. The number of hydrogen-bond acceptors (Lipinski definition) is 8. The molecule has 0 radical (unpaired) electrons. The highest BCUT2D eigenvalue weighted by molar-refractivity contribution is 7.21. The number of nitrogens with zero attached hydrogens (tertiary/aromatic N) is 4. The molecule has 35 heavy (non-hydrogen) atoms. The van der Waals surface area contributed by atoms with E-state index in [1.54, 1.807) is 47.1 Å². The fourth-order valence-electron chi connectivity index (χ4n) is 3.49. The Morgan fingerprint density at radius 1 is 1.14 bits per heavy atom. The van der Waals surface area contributed by atoms with E-state index in [-0.39, 0.29) is 0 Å². The Hall–Kier alpha value is -3.01. The second kappa shape index (κ2) is 9.93. The molecular formula is C25H27ClN4O4S. The first-order valence-electron chi connectivity index (χ1n) is 11.1. The smallest absolute Gasteiger partial charge is 0.442 e. The lowest BCUT2D eigenvalue weighted by Crippen LogP contribution is -2.38. The highest BCUT2D eigenvalue weighted by atomic mass is 35.5. The van der Waals surface area contributed by atoms with Gasteiger partial charge in [0.1, 0.15) is 16.1 Å². The molecule has 4 rings (SSSR count). The average molecular weight is 515 g/mol. The third-order valence-corrected chi connectivity index (χ3v) is 6.21. The molecule has 0 bridgehead atoms. The first kappa shape index (κ1) is 25.1. The van der Waals surface area contributed by atoms with Crippen molar-refractivity contribution in [3.8, 4) is 16.3 Å². The molecular weight excluding hydrogens is 488 g/mol. The number of benzene rings is 2. The predicted molar refractivity (Wildman–Crippen MR) is 138 cm³/mol. The zero-order valence-corrected chi connectivity index (χ0v) is 22.1. The van der Waals surface area contributed by atoms with Crippen LogP contribution in [0.25, 0.3) is 31.8 Å². The van der Waals surface area contributed by atoms with Crippen LogP contribution < -0.4 is 4.84 Å². The lowest BCUT2D eigenvalue weighted by atomic mass is 10.1. The molecule has 2 aromatic carbocycles. The van der Waals surface area contributed by atoms with Gasteiger partial charge in [-0.2, -0.15) is 0 Å². The summed E-state index contributed by atoms with van der Waals surface area (Å²) in [5, 5.41) is 2.35. The summed E-state index contributed by atoms with van der Waals surface area (Å²) in [6.07, 6.45) is 1.14. The number of aryl methyl sites for hydroxylation is 1. The molecule has 0 spiro atoms. The molecule has 0 aliphatic rings. The molecule has 0 fully saturated rings. The molecule has 184 valence electrons. The van der Waals surface area contributed by atoms with E-state index in [0.717, 1.165) is 42.6 Å². The standard InChI is InChI=1S/C25H27ClN4O4S/c1-7-30(24(31)33-25(3,4)5)34-16-10-18(26)22-20(11-16)35-23(29-22)17-8-14(2)9-19-21(17)27-12-15(28-19)13-32-6/h8-12H,7,13H2,1-6H3. The van der Waals surface area contributed by atoms with Crippen LogP contribution in [0, 0.1) is 6.92 Å². The largest absolute Gasteiger partial charge is 0.443 e. The van der Waals surface area contributed by atoms with Gasteiger partial charge in [-0.3, -0.25) is 4.98 Å². The van der Waals surface area contributed by atoms with Crippen LogP contribution >= 0.6 is 22.9 Å². The number of hydrogen-bond donors (Lipinski definition) is 0. The third kappa shape index (κ3) is 5.63. The van der Waals surface area contributed by atoms with Crippen LogP contribution in [-0.2, 0) is 16.1 Å². The lowest BCUT2D eigenvalue weighted by Gasteiger charge is -2.26. The molecule has 0 atom stereocenters. The molecule has 0 aliphatic carbocycles. The molecule has 0 N–H and O–H groups in total. The molecule has 0 unspecified atom stereocenters. The van der Waals surface area contributed by atoms with Crippen LogP contribution in [-0.4, -0.2) is 45.4 Å². The summed E-state index contributed by atoms with van der Waals surface area (Å²) in [6.45, 7) is 9.92. The van der Waals surface area contributed by atoms with Crippen molar-refractivity contribution in [1.29, 1.82) is 0 Å². The zero-order valence-electron chi connectivity index (χ0n) is 20.5. The van der Waals surface area contributed by atoms with Crippen molar-refractivity contribution in [3.63, 3.8) is 0 Å². The Morgan fingerprint density at radius 2 is 1.91 bits per heavy atom. The Morgan fingerprint density at radius 3 is 2.60 bits per heavy atom. The first-order valence-corrected chi connectivity index (χ1v) is 12.3. The van der Waals surface area contributed by atoms with Gasteiger partial charge >= 0.3 is 6.09 Å². The molecule has 8 nitrogen and oxygen atoms in total. The van der Waals surface area contributed by atoms with E-state index in [0.29, 0.717) is 29.4 Å². The number of halogens is 1. The summed E-state index contributed by atoms with van der Waals surface area (Å²) < 4.78 is 11.4. The maximum Gasteiger partial charge on any atom is 0.443 e. The van der Waals surface area contributed by atoms with Crippen LogP contribution in [0.1, 0.15) is 39.0 Å². The van der Waals surface area contributed by atoms with Crippen LogP contribution in [0.4, 0.5) is 4.79 Å². The maximum atomic E-state index is 12.5. The molecule has 0 aliphatic heterocycles. The second-order valence-corrected chi connectivity index (χ2v) is 10.4.